The highest BCUT2D eigenvalue weighted by Gasteiger charge is 1.94. The third-order valence-electron chi connectivity index (χ3n) is 2.45. The molecule has 0 rings (SSSR count). The maximum Gasteiger partial charge on any atom is -0.0317 e. The van der Waals surface area contributed by atoms with E-state index in [9.17, 15) is 0 Å². The predicted molar refractivity (Wildman–Crippen MR) is 60.7 cm³/mol. The summed E-state index contributed by atoms with van der Waals surface area (Å²) < 4.78 is 0. The van der Waals surface area contributed by atoms with Crippen molar-refractivity contribution in [3.63, 3.8) is 0 Å². The molecule has 0 amide bonds. The first-order chi connectivity index (χ1) is 6.31. The Morgan fingerprint density at radius 3 is 1.92 bits per heavy atom. The lowest BCUT2D eigenvalue weighted by atomic mass is 10.0. The summed E-state index contributed by atoms with van der Waals surface area (Å²) in [5, 5.41) is 0. The quantitative estimate of drug-likeness (QED) is 0.444. The molecule has 0 aliphatic carbocycles. The average Bonchev–Trinajstić information content (AvgIpc) is 2.14. The molecule has 0 aromatic heterocycles. The van der Waals surface area contributed by atoms with Gasteiger partial charge in [-0.2, -0.15) is 0 Å². The lowest BCUT2D eigenvalue weighted by molar-refractivity contribution is 0.619. The maximum absolute atomic E-state index is 5.89. The van der Waals surface area contributed by atoms with E-state index >= 15 is 0 Å². The molecule has 77 valence electrons. The van der Waals surface area contributed by atoms with Crippen LogP contribution >= 0.6 is 0 Å². The Morgan fingerprint density at radius 1 is 0.769 bits per heavy atom. The Balaban J connectivity index is 3.08. The van der Waals surface area contributed by atoms with Gasteiger partial charge in [-0.15, -0.1) is 0 Å². The minimum absolute atomic E-state index is 1.14. The van der Waals surface area contributed by atoms with Gasteiger partial charge in [0.1, 0.15) is 0 Å². The number of unbranched alkanes of at least 4 members (excludes halogenated alkanes) is 5. The lowest BCUT2D eigenvalue weighted by Gasteiger charge is -2.03. The zero-order valence-electron chi connectivity index (χ0n) is 9.44. The molecule has 0 aliphatic heterocycles. The van der Waals surface area contributed by atoms with Crippen LogP contribution in [0, 0.1) is 6.58 Å². The Bertz CT molecular complexity index is 113. The summed E-state index contributed by atoms with van der Waals surface area (Å²) in [7, 11) is 0. The molecular formula is C13H25. The topological polar surface area (TPSA) is 0 Å². The van der Waals surface area contributed by atoms with Crippen LogP contribution in [-0.4, -0.2) is 0 Å². The molecule has 0 N–H and O–H groups in total. The van der Waals surface area contributed by atoms with E-state index in [-0.39, 0.29) is 0 Å². The van der Waals surface area contributed by atoms with Crippen molar-refractivity contribution < 1.29 is 0 Å². The zero-order chi connectivity index (χ0) is 9.94. The molecule has 0 aromatic rings. The van der Waals surface area contributed by atoms with E-state index < -0.39 is 0 Å². The summed E-state index contributed by atoms with van der Waals surface area (Å²) in [5.74, 6) is 0. The van der Waals surface area contributed by atoms with Gasteiger partial charge in [-0.3, -0.25) is 0 Å². The maximum atomic E-state index is 5.89. The van der Waals surface area contributed by atoms with Crippen molar-refractivity contribution in [3.8, 4) is 0 Å². The average molecular weight is 181 g/mol. The van der Waals surface area contributed by atoms with Gasteiger partial charge in [0.25, 0.3) is 0 Å². The highest BCUT2D eigenvalue weighted by atomic mass is 14.0. The molecule has 13 heavy (non-hydrogen) atoms. The normalized spacial score (nSPS) is 10.3. The summed E-state index contributed by atoms with van der Waals surface area (Å²) >= 11 is 0. The van der Waals surface area contributed by atoms with Crippen molar-refractivity contribution in [2.24, 2.45) is 0 Å². The van der Waals surface area contributed by atoms with Gasteiger partial charge in [-0.25, -0.2) is 0 Å². The fourth-order valence-electron chi connectivity index (χ4n) is 1.48. The number of hydrogen-bond donors (Lipinski definition) is 0. The van der Waals surface area contributed by atoms with E-state index in [1.807, 2.05) is 0 Å². The van der Waals surface area contributed by atoms with E-state index in [0.717, 1.165) is 12.8 Å². The number of hydrogen-bond acceptors (Lipinski definition) is 0. The molecule has 0 aliphatic rings. The highest BCUT2D eigenvalue weighted by Crippen LogP contribution is 2.14. The highest BCUT2D eigenvalue weighted by molar-refractivity contribution is 4.90. The molecule has 0 unspecified atom stereocenters. The smallest absolute Gasteiger partial charge is 0.0317 e. The first-order valence-electron chi connectivity index (χ1n) is 5.91. The third kappa shape index (κ3) is 9.66. The van der Waals surface area contributed by atoms with E-state index in [4.69, 9.17) is 6.58 Å². The van der Waals surface area contributed by atoms with Crippen molar-refractivity contribution in [1.29, 1.82) is 0 Å². The van der Waals surface area contributed by atoms with Crippen molar-refractivity contribution in [1.82, 2.24) is 0 Å². The molecule has 0 saturated carbocycles. The molecule has 0 nitrogen and oxygen atoms in total. The van der Waals surface area contributed by atoms with Gasteiger partial charge >= 0.3 is 0 Å². The summed E-state index contributed by atoms with van der Waals surface area (Å²) in [6.07, 6.45) is 11.6. The number of allylic oxidation sites excluding steroid dienone is 1. The van der Waals surface area contributed by atoms with Crippen molar-refractivity contribution >= 4 is 0 Å². The van der Waals surface area contributed by atoms with E-state index in [1.165, 1.54) is 50.5 Å². The molecule has 0 heterocycles. The van der Waals surface area contributed by atoms with Crippen molar-refractivity contribution in [2.75, 3.05) is 0 Å². The molecule has 0 atom stereocenters. The van der Waals surface area contributed by atoms with Gasteiger partial charge in [0.2, 0.25) is 0 Å². The zero-order valence-corrected chi connectivity index (χ0v) is 9.44. The Kier molecular flexibility index (Phi) is 9.63. The SMILES string of the molecule is [CH]=C(CCCC)CCCCCCC. The summed E-state index contributed by atoms with van der Waals surface area (Å²) in [6, 6.07) is 0. The molecule has 0 spiro atoms. The fraction of sp³-hybridized carbons (Fsp3) is 0.846. The Morgan fingerprint density at radius 2 is 1.31 bits per heavy atom. The molecule has 0 bridgehead atoms. The van der Waals surface area contributed by atoms with Crippen LogP contribution in [0.15, 0.2) is 5.57 Å². The second-order valence-corrected chi connectivity index (χ2v) is 3.93. The third-order valence-corrected chi connectivity index (χ3v) is 2.45. The fourth-order valence-corrected chi connectivity index (χ4v) is 1.48. The van der Waals surface area contributed by atoms with Gasteiger partial charge in [-0.05, 0) is 25.7 Å². The largest absolute Gasteiger partial charge is 0.0702 e. The van der Waals surface area contributed by atoms with Crippen LogP contribution in [-0.2, 0) is 0 Å². The van der Waals surface area contributed by atoms with E-state index in [1.54, 1.807) is 0 Å². The monoisotopic (exact) mass is 181 g/mol. The standard InChI is InChI=1S/C13H25/c1-4-6-8-9-10-12-13(3)11-7-5-2/h3H,4-12H2,1-2H3. The van der Waals surface area contributed by atoms with Gasteiger partial charge in [0.15, 0.2) is 0 Å². The minimum Gasteiger partial charge on any atom is -0.0702 e. The predicted octanol–water partition coefficient (Wildman–Crippen LogP) is 4.90. The second-order valence-electron chi connectivity index (χ2n) is 3.93. The molecule has 0 fully saturated rings. The van der Waals surface area contributed by atoms with Crippen LogP contribution < -0.4 is 0 Å². The van der Waals surface area contributed by atoms with E-state index in [0.29, 0.717) is 0 Å². The first kappa shape index (κ1) is 12.7. The van der Waals surface area contributed by atoms with Crippen LogP contribution in [0.4, 0.5) is 0 Å². The molecule has 1 radical (unpaired) electrons. The minimum atomic E-state index is 1.14. The van der Waals surface area contributed by atoms with Gasteiger partial charge in [0, 0.05) is 0 Å². The van der Waals surface area contributed by atoms with E-state index in [2.05, 4.69) is 13.8 Å². The van der Waals surface area contributed by atoms with Gasteiger partial charge < -0.3 is 0 Å². The summed E-state index contributed by atoms with van der Waals surface area (Å²) in [5.41, 5.74) is 1.22. The molecular weight excluding hydrogens is 156 g/mol. The summed E-state index contributed by atoms with van der Waals surface area (Å²) in [6.45, 7) is 10.4. The van der Waals surface area contributed by atoms with Crippen LogP contribution in [0.2, 0.25) is 0 Å². The van der Waals surface area contributed by atoms with Crippen LogP contribution in [0.25, 0.3) is 0 Å². The number of rotatable bonds is 9. The van der Waals surface area contributed by atoms with Crippen LogP contribution in [0.5, 0.6) is 0 Å². The van der Waals surface area contributed by atoms with Crippen molar-refractivity contribution in [3.05, 3.63) is 12.2 Å². The first-order valence-corrected chi connectivity index (χ1v) is 5.91. The summed E-state index contributed by atoms with van der Waals surface area (Å²) in [4.78, 5) is 0. The lowest BCUT2D eigenvalue weighted by Crippen LogP contribution is -1.84. The van der Waals surface area contributed by atoms with Gasteiger partial charge in [0.05, 0.1) is 0 Å². The Labute approximate surface area is 84.4 Å². The second kappa shape index (κ2) is 9.83. The molecule has 0 saturated heterocycles. The Hall–Kier alpha value is -0.260. The van der Waals surface area contributed by atoms with Crippen LogP contribution in [0.1, 0.15) is 71.6 Å². The van der Waals surface area contributed by atoms with Crippen LogP contribution in [0.3, 0.4) is 0 Å². The molecule has 0 aromatic carbocycles. The van der Waals surface area contributed by atoms with Crippen molar-refractivity contribution in [2.45, 2.75) is 71.6 Å². The van der Waals surface area contributed by atoms with Gasteiger partial charge in [-0.1, -0.05) is 58.1 Å². The molecule has 0 heteroatoms.